The van der Waals surface area contributed by atoms with Gasteiger partial charge in [0.1, 0.15) is 0 Å². The van der Waals surface area contributed by atoms with Crippen LogP contribution in [-0.4, -0.2) is 16.6 Å². The van der Waals surface area contributed by atoms with E-state index in [4.69, 9.17) is 0 Å². The molecule has 0 aromatic heterocycles. The van der Waals surface area contributed by atoms with E-state index in [0.29, 0.717) is 6.07 Å². The first-order chi connectivity index (χ1) is 9.81. The van der Waals surface area contributed by atoms with Crippen molar-refractivity contribution >= 4 is 11.8 Å². The SMILES string of the molecule is Cc1cc([N+](=O)[O-])c(OC(=O)NC(C)(C)C)cc1C(F)(F)F. The van der Waals surface area contributed by atoms with Gasteiger partial charge in [0.15, 0.2) is 0 Å². The van der Waals surface area contributed by atoms with Crippen LogP contribution in [0, 0.1) is 17.0 Å². The van der Waals surface area contributed by atoms with Crippen LogP contribution in [0.5, 0.6) is 5.75 Å². The van der Waals surface area contributed by atoms with Crippen molar-refractivity contribution in [2.75, 3.05) is 0 Å². The van der Waals surface area contributed by atoms with Crippen molar-refractivity contribution in [1.82, 2.24) is 5.32 Å². The highest BCUT2D eigenvalue weighted by atomic mass is 19.4. The molecule has 1 amide bonds. The first-order valence-corrected chi connectivity index (χ1v) is 6.17. The summed E-state index contributed by atoms with van der Waals surface area (Å²) in [5.74, 6) is -0.760. The van der Waals surface area contributed by atoms with Gasteiger partial charge in [0.05, 0.1) is 10.5 Å². The third-order valence-electron chi connectivity index (χ3n) is 2.49. The first kappa shape index (κ1) is 17.7. The van der Waals surface area contributed by atoms with E-state index in [0.717, 1.165) is 13.0 Å². The maximum Gasteiger partial charge on any atom is 0.416 e. The lowest BCUT2D eigenvalue weighted by atomic mass is 10.1. The van der Waals surface area contributed by atoms with E-state index in [2.05, 4.69) is 10.1 Å². The lowest BCUT2D eigenvalue weighted by Crippen LogP contribution is -2.42. The largest absolute Gasteiger partial charge is 0.416 e. The van der Waals surface area contributed by atoms with Gasteiger partial charge in [-0.05, 0) is 33.3 Å². The van der Waals surface area contributed by atoms with Gasteiger partial charge in [-0.2, -0.15) is 13.2 Å². The Balaban J connectivity index is 3.26. The molecule has 0 spiro atoms. The Morgan fingerprint density at radius 1 is 1.27 bits per heavy atom. The van der Waals surface area contributed by atoms with Gasteiger partial charge in [0.25, 0.3) is 0 Å². The van der Waals surface area contributed by atoms with Gasteiger partial charge < -0.3 is 10.1 Å². The Hall–Kier alpha value is -2.32. The number of amides is 1. The lowest BCUT2D eigenvalue weighted by molar-refractivity contribution is -0.385. The molecule has 0 saturated carbocycles. The zero-order valence-corrected chi connectivity index (χ0v) is 12.4. The number of halogens is 3. The molecule has 0 unspecified atom stereocenters. The van der Waals surface area contributed by atoms with Gasteiger partial charge in [0, 0.05) is 17.7 Å². The highest BCUT2D eigenvalue weighted by molar-refractivity contribution is 5.73. The lowest BCUT2D eigenvalue weighted by Gasteiger charge is -2.20. The van der Waals surface area contributed by atoms with E-state index >= 15 is 0 Å². The summed E-state index contributed by atoms with van der Waals surface area (Å²) < 4.78 is 43.2. The summed E-state index contributed by atoms with van der Waals surface area (Å²) >= 11 is 0. The average molecular weight is 320 g/mol. The Bertz CT molecular complexity index is 607. The number of rotatable bonds is 2. The molecule has 9 heteroatoms. The molecular weight excluding hydrogens is 305 g/mol. The predicted molar refractivity (Wildman–Crippen MR) is 71.7 cm³/mol. The van der Waals surface area contributed by atoms with Gasteiger partial charge >= 0.3 is 18.0 Å². The Morgan fingerprint density at radius 3 is 2.23 bits per heavy atom. The molecule has 0 heterocycles. The molecule has 0 saturated heterocycles. The second-order valence-corrected chi connectivity index (χ2v) is 5.65. The normalized spacial score (nSPS) is 12.0. The van der Waals surface area contributed by atoms with E-state index in [1.165, 1.54) is 0 Å². The Morgan fingerprint density at radius 2 is 1.82 bits per heavy atom. The van der Waals surface area contributed by atoms with E-state index in [1.807, 2.05) is 0 Å². The van der Waals surface area contributed by atoms with Gasteiger partial charge in [-0.25, -0.2) is 4.79 Å². The van der Waals surface area contributed by atoms with Crippen LogP contribution in [0.3, 0.4) is 0 Å². The van der Waals surface area contributed by atoms with Gasteiger partial charge in [-0.1, -0.05) is 0 Å². The number of hydrogen-bond donors (Lipinski definition) is 1. The Kier molecular flexibility index (Phi) is 4.69. The van der Waals surface area contributed by atoms with Gasteiger partial charge in [0.2, 0.25) is 5.75 Å². The number of nitrogens with one attached hydrogen (secondary N) is 1. The zero-order chi connectivity index (χ0) is 17.3. The predicted octanol–water partition coefficient (Wildman–Crippen LogP) is 3.81. The minimum Gasteiger partial charge on any atom is -0.403 e. The van der Waals surface area contributed by atoms with Crippen molar-refractivity contribution in [3.05, 3.63) is 33.4 Å². The second-order valence-electron chi connectivity index (χ2n) is 5.65. The molecule has 0 bridgehead atoms. The van der Waals surface area contributed by atoms with Crippen LogP contribution in [0.4, 0.5) is 23.7 Å². The molecular formula is C13H15F3N2O4. The summed E-state index contributed by atoms with van der Waals surface area (Å²) in [7, 11) is 0. The number of nitro benzene ring substituents is 1. The van der Waals surface area contributed by atoms with Crippen molar-refractivity contribution in [3.63, 3.8) is 0 Å². The van der Waals surface area contributed by atoms with Crippen LogP contribution >= 0.6 is 0 Å². The fourth-order valence-corrected chi connectivity index (χ4v) is 1.63. The summed E-state index contributed by atoms with van der Waals surface area (Å²) in [5, 5.41) is 13.3. The molecule has 1 aromatic rings. The minimum atomic E-state index is -4.71. The number of carbonyl (C=O) groups is 1. The molecule has 1 aromatic carbocycles. The number of ether oxygens (including phenoxy) is 1. The van der Waals surface area contributed by atoms with E-state index in [-0.39, 0.29) is 5.56 Å². The molecule has 1 rings (SSSR count). The minimum absolute atomic E-state index is 0.331. The van der Waals surface area contributed by atoms with Crippen LogP contribution in [-0.2, 0) is 6.18 Å². The monoisotopic (exact) mass is 320 g/mol. The maximum absolute atomic E-state index is 12.8. The van der Waals surface area contributed by atoms with Crippen LogP contribution in [0.15, 0.2) is 12.1 Å². The summed E-state index contributed by atoms with van der Waals surface area (Å²) in [4.78, 5) is 21.6. The quantitative estimate of drug-likeness (QED) is 0.663. The molecule has 1 N–H and O–H groups in total. The van der Waals surface area contributed by atoms with Gasteiger partial charge in [-0.15, -0.1) is 0 Å². The number of aryl methyl sites for hydroxylation is 1. The van der Waals surface area contributed by atoms with E-state index in [1.54, 1.807) is 20.8 Å². The van der Waals surface area contributed by atoms with Gasteiger partial charge in [-0.3, -0.25) is 10.1 Å². The molecule has 0 radical (unpaired) electrons. The van der Waals surface area contributed by atoms with Crippen molar-refractivity contribution in [1.29, 1.82) is 0 Å². The zero-order valence-electron chi connectivity index (χ0n) is 12.4. The molecule has 122 valence electrons. The standard InChI is InChI=1S/C13H15F3N2O4/c1-7-5-9(18(20)21)10(6-8(7)13(14,15)16)22-11(19)17-12(2,3)4/h5-6H,1-4H3,(H,17,19). The van der Waals surface area contributed by atoms with E-state index < -0.39 is 39.7 Å². The van der Waals surface area contributed by atoms with E-state index in [9.17, 15) is 28.1 Å². The number of benzene rings is 1. The molecule has 0 aliphatic heterocycles. The van der Waals surface area contributed by atoms with Crippen LogP contribution < -0.4 is 10.1 Å². The van der Waals surface area contributed by atoms with Crippen molar-refractivity contribution in [3.8, 4) is 5.75 Å². The fraction of sp³-hybridized carbons (Fsp3) is 0.462. The van der Waals surface area contributed by atoms with Crippen molar-refractivity contribution in [2.24, 2.45) is 0 Å². The number of carbonyl (C=O) groups excluding carboxylic acids is 1. The summed E-state index contributed by atoms with van der Waals surface area (Å²) in [5.41, 5.74) is -2.85. The molecule has 0 atom stereocenters. The number of nitro groups is 1. The second kappa shape index (κ2) is 5.82. The van der Waals surface area contributed by atoms with Crippen LogP contribution in [0.1, 0.15) is 31.9 Å². The molecule has 0 aliphatic carbocycles. The van der Waals surface area contributed by atoms with Crippen LogP contribution in [0.25, 0.3) is 0 Å². The summed E-state index contributed by atoms with van der Waals surface area (Å²) in [6.07, 6.45) is -5.79. The maximum atomic E-state index is 12.8. The molecule has 0 fully saturated rings. The smallest absolute Gasteiger partial charge is 0.403 e. The molecule has 0 aliphatic rings. The summed E-state index contributed by atoms with van der Waals surface area (Å²) in [6, 6.07) is 1.18. The van der Waals surface area contributed by atoms with Crippen LogP contribution in [0.2, 0.25) is 0 Å². The Labute approximate surface area is 124 Å². The third kappa shape index (κ3) is 4.61. The number of alkyl halides is 3. The number of nitrogens with zero attached hydrogens (tertiary/aromatic N) is 1. The summed E-state index contributed by atoms with van der Waals surface area (Å²) in [6.45, 7) is 5.96. The third-order valence-corrected chi connectivity index (χ3v) is 2.49. The average Bonchev–Trinajstić information content (AvgIpc) is 2.26. The molecule has 6 nitrogen and oxygen atoms in total. The first-order valence-electron chi connectivity index (χ1n) is 6.17. The molecule has 22 heavy (non-hydrogen) atoms. The highest BCUT2D eigenvalue weighted by Crippen LogP contribution is 2.38. The highest BCUT2D eigenvalue weighted by Gasteiger charge is 2.35. The van der Waals surface area contributed by atoms with Crippen molar-refractivity contribution in [2.45, 2.75) is 39.4 Å². The fourth-order valence-electron chi connectivity index (χ4n) is 1.63. The topological polar surface area (TPSA) is 81.5 Å². The van der Waals surface area contributed by atoms with Crippen molar-refractivity contribution < 1.29 is 27.6 Å². The number of hydrogen-bond acceptors (Lipinski definition) is 4.